The normalized spacial score (nSPS) is 18.9. The quantitative estimate of drug-likeness (QED) is 0.827. The number of pyridine rings is 1. The van der Waals surface area contributed by atoms with Crippen molar-refractivity contribution in [3.05, 3.63) is 22.0 Å². The highest BCUT2D eigenvalue weighted by molar-refractivity contribution is 9.10. The summed E-state index contributed by atoms with van der Waals surface area (Å²) in [7, 11) is 0. The van der Waals surface area contributed by atoms with Crippen molar-refractivity contribution >= 4 is 44.6 Å². The summed E-state index contributed by atoms with van der Waals surface area (Å²) in [6.45, 7) is 3.38. The second-order valence-corrected chi connectivity index (χ2v) is 6.68. The molecule has 0 radical (unpaired) electrons. The van der Waals surface area contributed by atoms with Gasteiger partial charge in [0.1, 0.15) is 6.67 Å². The molecule has 5 nitrogen and oxygen atoms in total. The number of carbonyl (C=O) groups excluding carboxylic acids is 1. The monoisotopic (exact) mass is 370 g/mol. The first-order valence-electron chi connectivity index (χ1n) is 7.03. The van der Waals surface area contributed by atoms with Gasteiger partial charge >= 0.3 is 0 Å². The van der Waals surface area contributed by atoms with Gasteiger partial charge in [-0.1, -0.05) is 13.3 Å². The zero-order valence-electron chi connectivity index (χ0n) is 11.7. The Morgan fingerprint density at radius 2 is 2.33 bits per heavy atom. The van der Waals surface area contributed by atoms with E-state index >= 15 is 0 Å². The minimum absolute atomic E-state index is 0.189. The molecule has 21 heavy (non-hydrogen) atoms. The van der Waals surface area contributed by atoms with Crippen molar-refractivity contribution in [3.63, 3.8) is 0 Å². The highest BCUT2D eigenvalue weighted by atomic mass is 79.9. The molecule has 3 rings (SSSR count). The van der Waals surface area contributed by atoms with Crippen molar-refractivity contribution in [2.45, 2.75) is 32.9 Å². The largest absolute Gasteiger partial charge is 0.324 e. The molecule has 1 amide bonds. The second kappa shape index (κ2) is 5.93. The predicted octanol–water partition coefficient (Wildman–Crippen LogP) is 3.45. The molecular weight excluding hydrogens is 356 g/mol. The van der Waals surface area contributed by atoms with E-state index in [-0.39, 0.29) is 5.91 Å². The number of rotatable bonds is 4. The molecule has 1 saturated heterocycles. The average molecular weight is 372 g/mol. The topological polar surface area (TPSA) is 51.0 Å². The molecule has 1 aliphatic heterocycles. The van der Waals surface area contributed by atoms with E-state index in [0.29, 0.717) is 29.9 Å². The van der Waals surface area contributed by atoms with E-state index in [1.807, 2.05) is 15.5 Å². The molecule has 0 aromatic carbocycles. The molecular formula is C14H16BrClN4O. The van der Waals surface area contributed by atoms with E-state index in [2.05, 4.69) is 32.8 Å². The van der Waals surface area contributed by atoms with Crippen LogP contribution < -0.4 is 0 Å². The zero-order valence-corrected chi connectivity index (χ0v) is 14.1. The number of likely N-dealkylation sites (tertiary alicyclic amines) is 1. The van der Waals surface area contributed by atoms with Crippen molar-refractivity contribution in [1.82, 2.24) is 19.4 Å². The molecule has 0 spiro atoms. The smallest absolute Gasteiger partial charge is 0.224 e. The molecule has 7 heteroatoms. The van der Waals surface area contributed by atoms with E-state index in [1.54, 1.807) is 6.20 Å². The maximum Gasteiger partial charge on any atom is 0.224 e. The Bertz CT molecular complexity index is 687. The lowest BCUT2D eigenvalue weighted by atomic mass is 10.0. The summed E-state index contributed by atoms with van der Waals surface area (Å²) >= 11 is 9.61. The SMILES string of the molecule is CCCC1CC(=O)N(Cn2c(Cl)nc3ncc(Br)cc32)C1. The Hall–Kier alpha value is -1.14. The number of nitrogens with zero attached hydrogens (tertiary/aromatic N) is 4. The number of halogens is 2. The Labute approximate surface area is 136 Å². The van der Waals surface area contributed by atoms with Crippen molar-refractivity contribution < 1.29 is 4.79 Å². The molecule has 1 atom stereocenters. The van der Waals surface area contributed by atoms with Crippen molar-refractivity contribution in [2.75, 3.05) is 6.54 Å². The highest BCUT2D eigenvalue weighted by Gasteiger charge is 2.29. The second-order valence-electron chi connectivity index (χ2n) is 5.42. The number of aromatic nitrogens is 3. The summed E-state index contributed by atoms with van der Waals surface area (Å²) in [5, 5.41) is 0.363. The van der Waals surface area contributed by atoms with Crippen molar-refractivity contribution in [3.8, 4) is 0 Å². The van der Waals surface area contributed by atoms with Crippen LogP contribution in [0.25, 0.3) is 11.2 Å². The number of carbonyl (C=O) groups is 1. The Morgan fingerprint density at radius 1 is 1.52 bits per heavy atom. The summed E-state index contributed by atoms with van der Waals surface area (Å²) in [5.74, 6) is 0.648. The number of hydrogen-bond acceptors (Lipinski definition) is 3. The van der Waals surface area contributed by atoms with Crippen LogP contribution in [0.4, 0.5) is 0 Å². The lowest BCUT2D eigenvalue weighted by Crippen LogP contribution is -2.28. The summed E-state index contributed by atoms with van der Waals surface area (Å²) in [6, 6.07) is 1.92. The fourth-order valence-corrected chi connectivity index (χ4v) is 3.39. The first kappa shape index (κ1) is 14.8. The number of imidazole rings is 1. The van der Waals surface area contributed by atoms with Crippen LogP contribution in [0.2, 0.25) is 5.28 Å². The Balaban J connectivity index is 1.86. The molecule has 3 heterocycles. The van der Waals surface area contributed by atoms with Gasteiger partial charge in [-0.2, -0.15) is 4.98 Å². The van der Waals surface area contributed by atoms with Crippen LogP contribution in [-0.4, -0.2) is 31.9 Å². The standard InChI is InChI=1S/C14H16BrClN4O/c1-2-3-9-4-12(21)19(7-9)8-20-11-5-10(15)6-17-13(11)18-14(20)16/h5-6,9H,2-4,7-8H2,1H3. The number of amides is 1. The van der Waals surface area contributed by atoms with Crippen molar-refractivity contribution in [2.24, 2.45) is 5.92 Å². The average Bonchev–Trinajstić information content (AvgIpc) is 2.93. The van der Waals surface area contributed by atoms with Gasteiger partial charge in [0.2, 0.25) is 11.2 Å². The molecule has 0 N–H and O–H groups in total. The highest BCUT2D eigenvalue weighted by Crippen LogP contribution is 2.26. The van der Waals surface area contributed by atoms with Gasteiger partial charge in [-0.3, -0.25) is 9.36 Å². The van der Waals surface area contributed by atoms with Crippen LogP contribution in [-0.2, 0) is 11.5 Å². The molecule has 0 saturated carbocycles. The Kier molecular flexibility index (Phi) is 4.17. The number of hydrogen-bond donors (Lipinski definition) is 0. The summed E-state index contributed by atoms with van der Waals surface area (Å²) in [4.78, 5) is 22.4. The summed E-state index contributed by atoms with van der Waals surface area (Å²) in [5.41, 5.74) is 1.43. The third-order valence-electron chi connectivity index (χ3n) is 3.83. The van der Waals surface area contributed by atoms with Gasteiger partial charge in [-0.25, -0.2) is 4.98 Å². The maximum atomic E-state index is 12.1. The fraction of sp³-hybridized carbons (Fsp3) is 0.500. The molecule has 112 valence electrons. The fourth-order valence-electron chi connectivity index (χ4n) is 2.85. The van der Waals surface area contributed by atoms with E-state index < -0.39 is 0 Å². The lowest BCUT2D eigenvalue weighted by molar-refractivity contribution is -0.129. The third kappa shape index (κ3) is 2.92. The predicted molar refractivity (Wildman–Crippen MR) is 85.0 cm³/mol. The molecule has 1 aliphatic rings. The van der Waals surface area contributed by atoms with Gasteiger partial charge in [0.05, 0.1) is 5.52 Å². The molecule has 1 unspecified atom stereocenters. The van der Waals surface area contributed by atoms with Crippen LogP contribution in [0.1, 0.15) is 26.2 Å². The van der Waals surface area contributed by atoms with Gasteiger partial charge in [0.15, 0.2) is 5.65 Å². The molecule has 2 aromatic rings. The van der Waals surface area contributed by atoms with Crippen LogP contribution in [0.3, 0.4) is 0 Å². The van der Waals surface area contributed by atoms with Crippen LogP contribution in [0.15, 0.2) is 16.7 Å². The lowest BCUT2D eigenvalue weighted by Gasteiger charge is -2.18. The van der Waals surface area contributed by atoms with Gasteiger partial charge in [0, 0.05) is 23.6 Å². The minimum atomic E-state index is 0.189. The van der Waals surface area contributed by atoms with Gasteiger partial charge in [-0.05, 0) is 45.9 Å². The molecule has 2 aromatic heterocycles. The van der Waals surface area contributed by atoms with Gasteiger partial charge < -0.3 is 4.90 Å². The zero-order chi connectivity index (χ0) is 15.0. The third-order valence-corrected chi connectivity index (χ3v) is 4.55. The van der Waals surface area contributed by atoms with Gasteiger partial charge in [0.25, 0.3) is 0 Å². The molecule has 0 aliphatic carbocycles. The first-order valence-corrected chi connectivity index (χ1v) is 8.20. The van der Waals surface area contributed by atoms with E-state index in [1.165, 1.54) is 0 Å². The number of fused-ring (bicyclic) bond motifs is 1. The van der Waals surface area contributed by atoms with E-state index in [4.69, 9.17) is 11.6 Å². The van der Waals surface area contributed by atoms with Gasteiger partial charge in [-0.15, -0.1) is 0 Å². The van der Waals surface area contributed by atoms with Crippen LogP contribution in [0, 0.1) is 5.92 Å². The molecule has 1 fully saturated rings. The van der Waals surface area contributed by atoms with Crippen LogP contribution >= 0.6 is 27.5 Å². The van der Waals surface area contributed by atoms with Crippen molar-refractivity contribution in [1.29, 1.82) is 0 Å². The van der Waals surface area contributed by atoms with E-state index in [9.17, 15) is 4.79 Å². The minimum Gasteiger partial charge on any atom is -0.324 e. The van der Waals surface area contributed by atoms with Crippen LogP contribution in [0.5, 0.6) is 0 Å². The summed E-state index contributed by atoms with van der Waals surface area (Å²) < 4.78 is 2.70. The summed E-state index contributed by atoms with van der Waals surface area (Å²) in [6.07, 6.45) is 4.53. The van der Waals surface area contributed by atoms with E-state index in [0.717, 1.165) is 29.4 Å². The first-order chi connectivity index (χ1) is 10.1. The molecule has 0 bridgehead atoms. The maximum absolute atomic E-state index is 12.1. The Morgan fingerprint density at radius 3 is 3.10 bits per heavy atom.